The molecule has 0 aliphatic carbocycles. The number of benzene rings is 8. The first kappa shape index (κ1) is 25.5. The van der Waals surface area contributed by atoms with Crippen molar-refractivity contribution in [2.75, 3.05) is 0 Å². The lowest BCUT2D eigenvalue weighted by Gasteiger charge is -2.10. The highest BCUT2D eigenvalue weighted by Gasteiger charge is 2.18. The third-order valence-electron chi connectivity index (χ3n) is 9.36. The fraction of sp³-hybridized carbons (Fsp3) is 0. The Balaban J connectivity index is 1.23. The largest absolute Gasteiger partial charge is 0.309 e. The molecule has 0 atom stereocenters. The molecule has 0 unspecified atom stereocenters. The van der Waals surface area contributed by atoms with Gasteiger partial charge in [0, 0.05) is 27.4 Å². The van der Waals surface area contributed by atoms with Crippen LogP contribution >= 0.6 is 11.3 Å². The summed E-state index contributed by atoms with van der Waals surface area (Å²) < 4.78 is 3.66. The maximum absolute atomic E-state index is 5.03. The van der Waals surface area contributed by atoms with Gasteiger partial charge in [0.25, 0.3) is 0 Å². The fourth-order valence-corrected chi connectivity index (χ4v) is 8.39. The number of aromatic nitrogens is 2. The number of thiazole rings is 1. The van der Waals surface area contributed by atoms with Crippen molar-refractivity contribution in [3.05, 3.63) is 158 Å². The number of nitrogens with zero attached hydrogens (tertiary/aromatic N) is 2. The molecule has 0 amide bonds. The van der Waals surface area contributed by atoms with Crippen molar-refractivity contribution in [2.45, 2.75) is 0 Å². The summed E-state index contributed by atoms with van der Waals surface area (Å²) in [5.74, 6) is 0. The second-order valence-corrected chi connectivity index (χ2v) is 13.0. The second kappa shape index (κ2) is 9.87. The first-order valence-electron chi connectivity index (χ1n) is 15.6. The van der Waals surface area contributed by atoms with Crippen LogP contribution in [0.5, 0.6) is 0 Å². The molecule has 10 aromatic rings. The highest BCUT2D eigenvalue weighted by atomic mass is 32.1. The number of rotatable bonds is 3. The standard InChI is InChI=1S/C43H26N2S/c1-3-10-28(11-4-1)43-44-37-23-21-27-18-19-31-24-32(20-22-35(31)40(27)42(37)46-43)34-16-9-17-38-41(34)36-25-29-12-7-8-13-30(29)26-39(36)45(38)33-14-5-2-6-15-33/h1-26H. The molecule has 10 rings (SSSR count). The second-order valence-electron chi connectivity index (χ2n) is 12.0. The lowest BCUT2D eigenvalue weighted by Crippen LogP contribution is -1.93. The molecule has 214 valence electrons. The van der Waals surface area contributed by atoms with Gasteiger partial charge in [-0.3, -0.25) is 0 Å². The van der Waals surface area contributed by atoms with Gasteiger partial charge in [-0.25, -0.2) is 4.98 Å². The lowest BCUT2D eigenvalue weighted by molar-refractivity contribution is 1.18. The molecule has 0 radical (unpaired) electrons. The van der Waals surface area contributed by atoms with Crippen LogP contribution < -0.4 is 0 Å². The van der Waals surface area contributed by atoms with Gasteiger partial charge in [-0.15, -0.1) is 11.3 Å². The first-order chi connectivity index (χ1) is 22.8. The third kappa shape index (κ3) is 3.79. The van der Waals surface area contributed by atoms with Crippen LogP contribution in [0.25, 0.3) is 91.7 Å². The lowest BCUT2D eigenvalue weighted by atomic mass is 9.94. The number of hydrogen-bond acceptors (Lipinski definition) is 2. The molecule has 2 nitrogen and oxygen atoms in total. The van der Waals surface area contributed by atoms with E-state index in [1.165, 1.54) is 75.6 Å². The van der Waals surface area contributed by atoms with Crippen LogP contribution in [0.2, 0.25) is 0 Å². The summed E-state index contributed by atoms with van der Waals surface area (Å²) >= 11 is 1.79. The Kier molecular flexibility index (Phi) is 5.48. The molecule has 0 saturated carbocycles. The Morgan fingerprint density at radius 1 is 0.457 bits per heavy atom. The SMILES string of the molecule is c1ccc(-c2nc3ccc4ccc5cc(-c6cccc7c6c6cc8ccccc8cc6n7-c6ccccc6)ccc5c4c3s2)cc1. The topological polar surface area (TPSA) is 17.8 Å². The van der Waals surface area contributed by atoms with Crippen LogP contribution in [-0.4, -0.2) is 9.55 Å². The van der Waals surface area contributed by atoms with E-state index in [-0.39, 0.29) is 0 Å². The molecule has 0 N–H and O–H groups in total. The summed E-state index contributed by atoms with van der Waals surface area (Å²) in [5, 5.41) is 11.1. The number of fused-ring (bicyclic) bond motifs is 9. The summed E-state index contributed by atoms with van der Waals surface area (Å²) in [4.78, 5) is 5.03. The van der Waals surface area contributed by atoms with Gasteiger partial charge in [0.15, 0.2) is 0 Å². The summed E-state index contributed by atoms with van der Waals surface area (Å²) in [5.41, 5.74) is 8.29. The number of hydrogen-bond donors (Lipinski definition) is 0. The molecular weight excluding hydrogens is 577 g/mol. The van der Waals surface area contributed by atoms with Crippen LogP contribution in [0.1, 0.15) is 0 Å². The zero-order valence-corrected chi connectivity index (χ0v) is 25.6. The van der Waals surface area contributed by atoms with E-state index < -0.39 is 0 Å². The van der Waals surface area contributed by atoms with Crippen LogP contribution in [-0.2, 0) is 0 Å². The Morgan fingerprint density at radius 2 is 1.20 bits per heavy atom. The van der Waals surface area contributed by atoms with E-state index >= 15 is 0 Å². The zero-order valence-electron chi connectivity index (χ0n) is 24.8. The molecule has 0 fully saturated rings. The van der Waals surface area contributed by atoms with Gasteiger partial charge in [0.1, 0.15) is 5.01 Å². The van der Waals surface area contributed by atoms with E-state index in [0.717, 1.165) is 16.1 Å². The van der Waals surface area contributed by atoms with Crippen LogP contribution in [0.4, 0.5) is 0 Å². The minimum atomic E-state index is 1.05. The highest BCUT2D eigenvalue weighted by Crippen LogP contribution is 2.43. The van der Waals surface area contributed by atoms with Crippen molar-refractivity contribution in [1.29, 1.82) is 0 Å². The average Bonchev–Trinajstić information content (AvgIpc) is 3.70. The molecule has 2 heterocycles. The maximum atomic E-state index is 5.03. The molecule has 2 aromatic heterocycles. The quantitative estimate of drug-likeness (QED) is 0.184. The van der Waals surface area contributed by atoms with Crippen LogP contribution in [0.3, 0.4) is 0 Å². The van der Waals surface area contributed by atoms with Crippen LogP contribution in [0, 0.1) is 0 Å². The first-order valence-corrected chi connectivity index (χ1v) is 16.4. The van der Waals surface area contributed by atoms with Gasteiger partial charge in [-0.2, -0.15) is 0 Å². The predicted octanol–water partition coefficient (Wildman–Crippen LogP) is 12.2. The van der Waals surface area contributed by atoms with E-state index in [1.54, 1.807) is 11.3 Å². The minimum Gasteiger partial charge on any atom is -0.309 e. The van der Waals surface area contributed by atoms with Crippen molar-refractivity contribution in [3.63, 3.8) is 0 Å². The Hall–Kier alpha value is -5.77. The Labute approximate surface area is 269 Å². The zero-order chi connectivity index (χ0) is 30.2. The Bertz CT molecular complexity index is 2790. The van der Waals surface area contributed by atoms with Gasteiger partial charge < -0.3 is 4.57 Å². The summed E-state index contributed by atoms with van der Waals surface area (Å²) in [6.45, 7) is 0. The summed E-state index contributed by atoms with van der Waals surface area (Å²) in [6.07, 6.45) is 0. The van der Waals surface area contributed by atoms with Gasteiger partial charge >= 0.3 is 0 Å². The Morgan fingerprint density at radius 3 is 2.04 bits per heavy atom. The van der Waals surface area contributed by atoms with E-state index in [1.807, 2.05) is 0 Å². The highest BCUT2D eigenvalue weighted by molar-refractivity contribution is 7.22. The van der Waals surface area contributed by atoms with Crippen molar-refractivity contribution >= 4 is 75.7 Å². The molecule has 0 bridgehead atoms. The van der Waals surface area contributed by atoms with Crippen molar-refractivity contribution < 1.29 is 0 Å². The molecule has 0 saturated heterocycles. The molecule has 0 aliphatic rings. The smallest absolute Gasteiger partial charge is 0.124 e. The molecule has 8 aromatic carbocycles. The van der Waals surface area contributed by atoms with E-state index in [4.69, 9.17) is 4.98 Å². The van der Waals surface area contributed by atoms with E-state index in [2.05, 4.69) is 162 Å². The normalized spacial score (nSPS) is 11.9. The van der Waals surface area contributed by atoms with E-state index in [9.17, 15) is 0 Å². The monoisotopic (exact) mass is 602 g/mol. The van der Waals surface area contributed by atoms with Crippen molar-refractivity contribution in [3.8, 4) is 27.4 Å². The molecule has 0 spiro atoms. The summed E-state index contributed by atoms with van der Waals surface area (Å²) in [7, 11) is 0. The van der Waals surface area contributed by atoms with E-state index in [0.29, 0.717) is 0 Å². The molecule has 46 heavy (non-hydrogen) atoms. The van der Waals surface area contributed by atoms with Crippen LogP contribution in [0.15, 0.2) is 158 Å². The molecule has 3 heteroatoms. The van der Waals surface area contributed by atoms with Gasteiger partial charge in [0.2, 0.25) is 0 Å². The summed E-state index contributed by atoms with van der Waals surface area (Å²) in [6, 6.07) is 57.2. The minimum absolute atomic E-state index is 1.05. The predicted molar refractivity (Wildman–Crippen MR) is 197 cm³/mol. The molecular formula is C43H26N2S. The maximum Gasteiger partial charge on any atom is 0.124 e. The van der Waals surface area contributed by atoms with Crippen molar-refractivity contribution in [1.82, 2.24) is 9.55 Å². The third-order valence-corrected chi connectivity index (χ3v) is 10.5. The molecule has 0 aliphatic heterocycles. The van der Waals surface area contributed by atoms with Gasteiger partial charge in [-0.05, 0) is 80.5 Å². The fourth-order valence-electron chi connectivity index (χ4n) is 7.25. The van der Waals surface area contributed by atoms with Crippen molar-refractivity contribution in [2.24, 2.45) is 0 Å². The number of para-hydroxylation sites is 1. The van der Waals surface area contributed by atoms with Gasteiger partial charge in [-0.1, -0.05) is 115 Å². The average molecular weight is 603 g/mol. The van der Waals surface area contributed by atoms with Gasteiger partial charge in [0.05, 0.1) is 21.3 Å².